The van der Waals surface area contributed by atoms with Crippen LogP contribution in [0.5, 0.6) is 11.5 Å². The SMILES string of the molecule is COc1ccccc1P(=S)(CCP(=S)(c1ccccc1)c1ccccc1OC)c1ccccc1. The first-order chi connectivity index (χ1) is 16.5. The first-order valence-electron chi connectivity index (χ1n) is 11.1. The van der Waals surface area contributed by atoms with Gasteiger partial charge < -0.3 is 9.47 Å². The van der Waals surface area contributed by atoms with Gasteiger partial charge in [-0.15, -0.1) is 0 Å². The number of ether oxygens (including phenoxy) is 2. The molecule has 0 spiro atoms. The number of hydrogen-bond acceptors (Lipinski definition) is 4. The molecular formula is C28H28O2P2S2. The van der Waals surface area contributed by atoms with Crippen molar-refractivity contribution in [1.29, 1.82) is 0 Å². The summed E-state index contributed by atoms with van der Waals surface area (Å²) in [6, 6.07) is 32.9. The predicted molar refractivity (Wildman–Crippen MR) is 156 cm³/mol. The highest BCUT2D eigenvalue weighted by Crippen LogP contribution is 2.53. The number of rotatable bonds is 9. The molecule has 34 heavy (non-hydrogen) atoms. The molecule has 0 saturated heterocycles. The molecule has 4 rings (SSSR count). The van der Waals surface area contributed by atoms with Gasteiger partial charge in [0.05, 0.1) is 14.2 Å². The zero-order valence-electron chi connectivity index (χ0n) is 19.3. The van der Waals surface area contributed by atoms with Gasteiger partial charge in [0.15, 0.2) is 0 Å². The van der Waals surface area contributed by atoms with Crippen molar-refractivity contribution >= 4 is 56.9 Å². The molecule has 0 aliphatic heterocycles. The van der Waals surface area contributed by atoms with Crippen molar-refractivity contribution in [3.8, 4) is 11.5 Å². The average Bonchev–Trinajstić information content (AvgIpc) is 2.92. The lowest BCUT2D eigenvalue weighted by molar-refractivity contribution is 0.418. The molecule has 0 aliphatic rings. The van der Waals surface area contributed by atoms with Gasteiger partial charge in [0.1, 0.15) is 11.5 Å². The Morgan fingerprint density at radius 3 is 1.18 bits per heavy atom. The lowest BCUT2D eigenvalue weighted by Crippen LogP contribution is -2.25. The normalized spacial score (nSPS) is 14.5. The van der Waals surface area contributed by atoms with Crippen LogP contribution in [0.1, 0.15) is 0 Å². The molecule has 0 bridgehead atoms. The third-order valence-electron chi connectivity index (χ3n) is 6.02. The van der Waals surface area contributed by atoms with E-state index < -0.39 is 12.1 Å². The van der Waals surface area contributed by atoms with Crippen molar-refractivity contribution in [3.63, 3.8) is 0 Å². The Labute approximate surface area is 213 Å². The smallest absolute Gasteiger partial charge is 0.127 e. The second-order valence-electron chi connectivity index (χ2n) is 7.94. The standard InChI is InChI=1S/C28H28O2P2S2/c1-29-25-17-9-11-19-27(25)31(33,23-13-5-3-6-14-23)21-22-32(34,24-15-7-4-8-16-24)28-20-12-10-18-26(28)30-2/h3-20H,21-22H2,1-2H3. The molecular weight excluding hydrogens is 494 g/mol. The molecule has 0 heterocycles. The highest BCUT2D eigenvalue weighted by atomic mass is 32.4. The van der Waals surface area contributed by atoms with E-state index in [0.29, 0.717) is 0 Å². The molecule has 0 amide bonds. The fourth-order valence-corrected chi connectivity index (χ4v) is 14.2. The summed E-state index contributed by atoms with van der Waals surface area (Å²) in [6.07, 6.45) is 1.61. The van der Waals surface area contributed by atoms with E-state index in [1.807, 2.05) is 36.4 Å². The summed E-state index contributed by atoms with van der Waals surface area (Å²) in [4.78, 5) is 0. The van der Waals surface area contributed by atoms with Gasteiger partial charge in [0.25, 0.3) is 0 Å². The van der Waals surface area contributed by atoms with Gasteiger partial charge in [-0.25, -0.2) is 0 Å². The highest BCUT2D eigenvalue weighted by molar-refractivity contribution is 8.24. The van der Waals surface area contributed by atoms with Gasteiger partial charge in [0, 0.05) is 22.7 Å². The first-order valence-corrected chi connectivity index (χ1v) is 17.1. The van der Waals surface area contributed by atoms with Crippen LogP contribution in [0.2, 0.25) is 0 Å². The van der Waals surface area contributed by atoms with Crippen LogP contribution in [0, 0.1) is 0 Å². The monoisotopic (exact) mass is 522 g/mol. The van der Waals surface area contributed by atoms with E-state index in [2.05, 4.69) is 72.8 Å². The first kappa shape index (κ1) is 24.9. The Morgan fingerprint density at radius 2 is 0.824 bits per heavy atom. The maximum absolute atomic E-state index is 6.59. The molecule has 4 aromatic carbocycles. The molecule has 2 atom stereocenters. The van der Waals surface area contributed by atoms with Crippen LogP contribution in [0.25, 0.3) is 0 Å². The number of hydrogen-bond donors (Lipinski definition) is 0. The van der Waals surface area contributed by atoms with Crippen molar-refractivity contribution in [3.05, 3.63) is 109 Å². The van der Waals surface area contributed by atoms with Crippen LogP contribution in [0.15, 0.2) is 109 Å². The Bertz CT molecular complexity index is 1240. The van der Waals surface area contributed by atoms with Crippen LogP contribution in [0.3, 0.4) is 0 Å². The second kappa shape index (κ2) is 11.0. The summed E-state index contributed by atoms with van der Waals surface area (Å²) in [5.74, 6) is 1.69. The molecule has 0 aromatic heterocycles. The van der Waals surface area contributed by atoms with E-state index in [4.69, 9.17) is 33.1 Å². The van der Waals surface area contributed by atoms with Gasteiger partial charge in [-0.05, 0) is 47.2 Å². The average molecular weight is 523 g/mol. The summed E-state index contributed by atoms with van der Waals surface area (Å²) < 4.78 is 11.5. The van der Waals surface area contributed by atoms with E-state index in [-0.39, 0.29) is 0 Å². The largest absolute Gasteiger partial charge is 0.496 e. The van der Waals surface area contributed by atoms with Crippen LogP contribution >= 0.6 is 12.1 Å². The predicted octanol–water partition coefficient (Wildman–Crippen LogP) is 5.26. The molecule has 4 aromatic rings. The highest BCUT2D eigenvalue weighted by Gasteiger charge is 2.31. The molecule has 2 unspecified atom stereocenters. The molecule has 174 valence electrons. The Hall–Kier alpha value is -2.22. The maximum atomic E-state index is 6.59. The molecule has 0 radical (unpaired) electrons. The lowest BCUT2D eigenvalue weighted by Gasteiger charge is -2.30. The van der Waals surface area contributed by atoms with Crippen molar-refractivity contribution in [2.45, 2.75) is 0 Å². The van der Waals surface area contributed by atoms with E-state index in [9.17, 15) is 0 Å². The third kappa shape index (κ3) is 4.92. The summed E-state index contributed by atoms with van der Waals surface area (Å²) in [6.45, 7) is 0. The topological polar surface area (TPSA) is 18.5 Å². The molecule has 0 saturated carbocycles. The van der Waals surface area contributed by atoms with Crippen molar-refractivity contribution < 1.29 is 9.47 Å². The molecule has 0 N–H and O–H groups in total. The van der Waals surface area contributed by atoms with Crippen LogP contribution < -0.4 is 30.7 Å². The minimum Gasteiger partial charge on any atom is -0.496 e. The van der Waals surface area contributed by atoms with Gasteiger partial charge in [-0.3, -0.25) is 0 Å². The van der Waals surface area contributed by atoms with E-state index in [0.717, 1.165) is 34.4 Å². The molecule has 0 fully saturated rings. The number of methoxy groups -OCH3 is 2. The second-order valence-corrected chi connectivity index (χ2v) is 17.5. The quantitative estimate of drug-likeness (QED) is 0.279. The zero-order chi connectivity index (χ0) is 24.0. The minimum atomic E-state index is -2.21. The van der Waals surface area contributed by atoms with E-state index in [1.54, 1.807) is 14.2 Å². The van der Waals surface area contributed by atoms with Crippen molar-refractivity contribution in [2.75, 3.05) is 26.5 Å². The Balaban J connectivity index is 1.86. The fraction of sp³-hybridized carbons (Fsp3) is 0.143. The zero-order valence-corrected chi connectivity index (χ0v) is 22.8. The van der Waals surface area contributed by atoms with E-state index in [1.165, 1.54) is 10.6 Å². The molecule has 2 nitrogen and oxygen atoms in total. The summed E-state index contributed by atoms with van der Waals surface area (Å²) in [5, 5.41) is 4.58. The lowest BCUT2D eigenvalue weighted by atomic mass is 10.3. The molecule has 0 aliphatic carbocycles. The Kier molecular flexibility index (Phi) is 8.06. The molecule has 6 heteroatoms. The van der Waals surface area contributed by atoms with Gasteiger partial charge in [0.2, 0.25) is 0 Å². The van der Waals surface area contributed by atoms with Crippen molar-refractivity contribution in [2.24, 2.45) is 0 Å². The minimum absolute atomic E-state index is 0.803. The van der Waals surface area contributed by atoms with E-state index >= 15 is 0 Å². The summed E-state index contributed by atoms with van der Waals surface area (Å²) in [7, 11) is 3.43. The van der Waals surface area contributed by atoms with Gasteiger partial charge in [-0.1, -0.05) is 109 Å². The summed E-state index contributed by atoms with van der Waals surface area (Å²) in [5.41, 5.74) is 0. The van der Waals surface area contributed by atoms with Crippen molar-refractivity contribution in [1.82, 2.24) is 0 Å². The Morgan fingerprint density at radius 1 is 0.500 bits per heavy atom. The number of para-hydroxylation sites is 2. The van der Waals surface area contributed by atoms with Crippen LogP contribution in [0.4, 0.5) is 0 Å². The number of benzene rings is 4. The summed E-state index contributed by atoms with van der Waals surface area (Å²) >= 11 is 13.2. The van der Waals surface area contributed by atoms with Crippen LogP contribution in [-0.4, -0.2) is 26.5 Å². The maximum Gasteiger partial charge on any atom is 0.127 e. The fourth-order valence-electron chi connectivity index (χ4n) is 4.25. The third-order valence-corrected chi connectivity index (χ3v) is 16.2. The van der Waals surface area contributed by atoms with Gasteiger partial charge >= 0.3 is 0 Å². The van der Waals surface area contributed by atoms with Gasteiger partial charge in [-0.2, -0.15) is 0 Å². The van der Waals surface area contributed by atoms with Crippen LogP contribution in [-0.2, 0) is 23.6 Å².